The third-order valence-corrected chi connectivity index (χ3v) is 8.06. The van der Waals surface area contributed by atoms with E-state index in [1.165, 1.54) is 27.8 Å². The van der Waals surface area contributed by atoms with Gasteiger partial charge in [-0.25, -0.2) is 19.1 Å². The molecule has 1 aliphatic heterocycles. The first kappa shape index (κ1) is 36.8. The van der Waals surface area contributed by atoms with Crippen molar-refractivity contribution >= 4 is 40.7 Å². The van der Waals surface area contributed by atoms with E-state index in [2.05, 4.69) is 36.4 Å². The molecule has 2 aromatic heterocycles. The van der Waals surface area contributed by atoms with Crippen LogP contribution in [0.3, 0.4) is 0 Å². The molecule has 0 saturated carbocycles. The number of benzene rings is 1. The van der Waals surface area contributed by atoms with Gasteiger partial charge in [0.25, 0.3) is 5.56 Å². The van der Waals surface area contributed by atoms with E-state index in [-0.39, 0.29) is 54.7 Å². The van der Waals surface area contributed by atoms with Crippen molar-refractivity contribution < 1.29 is 33.8 Å². The number of likely N-dealkylation sites (N-methyl/N-ethyl adjacent to an activating group) is 1. The van der Waals surface area contributed by atoms with Crippen molar-refractivity contribution in [2.24, 2.45) is 11.3 Å². The van der Waals surface area contributed by atoms with E-state index in [1.807, 2.05) is 6.07 Å². The van der Waals surface area contributed by atoms with Crippen molar-refractivity contribution in [3.8, 4) is 0 Å². The lowest BCUT2D eigenvalue weighted by Crippen LogP contribution is -2.45. The number of carbonyl (C=O) groups is 4. The third kappa shape index (κ3) is 10.3. The number of ether oxygens (including phenoxy) is 2. The number of nitrogens with zero attached hydrogens (tertiary/aromatic N) is 4. The molecule has 14 heteroatoms. The monoisotopic (exact) mass is 678 g/mol. The number of fused-ring (bicyclic) bond motifs is 1. The quantitative estimate of drug-likeness (QED) is 0.237. The Morgan fingerprint density at radius 3 is 2.55 bits per heavy atom. The number of para-hydroxylation sites is 1. The molecule has 1 saturated heterocycles. The number of hydrogen-bond donors (Lipinski definition) is 3. The lowest BCUT2D eigenvalue weighted by Gasteiger charge is -2.22. The Bertz CT molecular complexity index is 1750. The molecule has 1 unspecified atom stereocenters. The Hall–Kier alpha value is -4.98. The molecule has 0 spiro atoms. The van der Waals surface area contributed by atoms with Crippen molar-refractivity contribution in [3.63, 3.8) is 0 Å². The SMILES string of the molecule is CN(C)C(=O)C=CCCC(NC(=O)OCC1CCOCC1)C(=O)Nc1cccn(Cc2nc3c(CC(C)(C)C)cccc3n2C(=O)O)c1=O. The molecule has 4 rings (SSSR count). The molecule has 0 aliphatic carbocycles. The highest BCUT2D eigenvalue weighted by atomic mass is 16.5. The molecule has 1 atom stereocenters. The highest BCUT2D eigenvalue weighted by Crippen LogP contribution is 2.27. The van der Waals surface area contributed by atoms with Gasteiger partial charge >= 0.3 is 12.2 Å². The maximum absolute atomic E-state index is 13.6. The standard InChI is InChI=1S/C35H46N6O8/c1-35(2,3)20-24-10-8-13-27-30(24)38-28(41(27)34(46)47)21-40-17-9-12-26(32(40)44)36-31(43)25(11-6-7-14-29(42)39(4)5)37-33(45)49-22-23-15-18-48-19-16-23/h7-10,12-14,17,23,25H,6,11,15-16,18-22H2,1-5H3,(H,36,43)(H,37,45)(H,46,47). The number of pyridine rings is 1. The Kier molecular flexibility index (Phi) is 12.3. The minimum absolute atomic E-state index is 0.0698. The first-order valence-corrected chi connectivity index (χ1v) is 16.3. The van der Waals surface area contributed by atoms with Crippen LogP contribution in [0.25, 0.3) is 11.0 Å². The van der Waals surface area contributed by atoms with Gasteiger partial charge in [0.1, 0.15) is 17.6 Å². The van der Waals surface area contributed by atoms with Crippen LogP contribution >= 0.6 is 0 Å². The number of aromatic nitrogens is 3. The third-order valence-electron chi connectivity index (χ3n) is 8.06. The van der Waals surface area contributed by atoms with Crippen LogP contribution in [0.5, 0.6) is 0 Å². The molecule has 49 heavy (non-hydrogen) atoms. The highest BCUT2D eigenvalue weighted by Gasteiger charge is 2.25. The van der Waals surface area contributed by atoms with Crippen LogP contribution in [-0.4, -0.2) is 88.1 Å². The van der Waals surface area contributed by atoms with E-state index in [9.17, 15) is 29.1 Å². The molecule has 264 valence electrons. The molecule has 1 fully saturated rings. The molecular weight excluding hydrogens is 632 g/mol. The van der Waals surface area contributed by atoms with Gasteiger partial charge in [-0.05, 0) is 73.3 Å². The second-order valence-corrected chi connectivity index (χ2v) is 13.6. The molecule has 3 amide bonds. The summed E-state index contributed by atoms with van der Waals surface area (Å²) in [6, 6.07) is 7.27. The van der Waals surface area contributed by atoms with Gasteiger partial charge < -0.3 is 34.7 Å². The van der Waals surface area contributed by atoms with Gasteiger partial charge in [-0.2, -0.15) is 0 Å². The first-order valence-electron chi connectivity index (χ1n) is 16.3. The topological polar surface area (TPSA) is 174 Å². The van der Waals surface area contributed by atoms with Gasteiger partial charge in [0, 0.05) is 33.5 Å². The number of hydrogen-bond acceptors (Lipinski definition) is 8. The minimum atomic E-state index is -1.23. The molecule has 3 heterocycles. The largest absolute Gasteiger partial charge is 0.464 e. The maximum atomic E-state index is 13.6. The molecule has 0 radical (unpaired) electrons. The summed E-state index contributed by atoms with van der Waals surface area (Å²) in [5, 5.41) is 15.3. The summed E-state index contributed by atoms with van der Waals surface area (Å²) in [5.74, 6) is -0.583. The zero-order chi connectivity index (χ0) is 35.7. The normalized spacial score (nSPS) is 14.5. The van der Waals surface area contributed by atoms with Gasteiger partial charge in [-0.15, -0.1) is 0 Å². The number of alkyl carbamates (subject to hydrolysis) is 1. The predicted octanol–water partition coefficient (Wildman–Crippen LogP) is 4.25. The van der Waals surface area contributed by atoms with Crippen LogP contribution in [-0.2, 0) is 32.0 Å². The van der Waals surface area contributed by atoms with Crippen LogP contribution in [0.15, 0.2) is 53.5 Å². The summed E-state index contributed by atoms with van der Waals surface area (Å²) in [6.07, 6.45) is 5.06. The number of rotatable bonds is 12. The number of allylic oxidation sites excluding steroid dienone is 1. The van der Waals surface area contributed by atoms with Gasteiger partial charge in [0.2, 0.25) is 11.8 Å². The molecule has 1 aromatic carbocycles. The Labute approximate surface area is 285 Å². The molecule has 3 aromatic rings. The van der Waals surface area contributed by atoms with Crippen molar-refractivity contribution in [2.45, 2.75) is 65.5 Å². The van der Waals surface area contributed by atoms with Crippen molar-refractivity contribution in [3.05, 3.63) is 70.4 Å². The summed E-state index contributed by atoms with van der Waals surface area (Å²) >= 11 is 0. The van der Waals surface area contributed by atoms with Crippen molar-refractivity contribution in [2.75, 3.05) is 39.2 Å². The highest BCUT2D eigenvalue weighted by molar-refractivity contribution is 5.96. The maximum Gasteiger partial charge on any atom is 0.417 e. The zero-order valence-corrected chi connectivity index (χ0v) is 28.7. The molecule has 1 aliphatic rings. The molecule has 0 bridgehead atoms. The number of carboxylic acid groups (broad SMARTS) is 1. The van der Waals surface area contributed by atoms with Gasteiger partial charge in [-0.1, -0.05) is 39.0 Å². The lowest BCUT2D eigenvalue weighted by molar-refractivity contribution is -0.123. The zero-order valence-electron chi connectivity index (χ0n) is 28.7. The Balaban J connectivity index is 1.54. The number of anilines is 1. The first-order chi connectivity index (χ1) is 23.2. The predicted molar refractivity (Wildman–Crippen MR) is 184 cm³/mol. The average molecular weight is 679 g/mol. The van der Waals surface area contributed by atoms with E-state index in [4.69, 9.17) is 9.47 Å². The average Bonchev–Trinajstić information content (AvgIpc) is 3.42. The van der Waals surface area contributed by atoms with Crippen LogP contribution in [0.4, 0.5) is 15.3 Å². The number of amides is 3. The minimum Gasteiger partial charge on any atom is -0.464 e. The second kappa shape index (κ2) is 16.4. The Morgan fingerprint density at radius 2 is 1.88 bits per heavy atom. The van der Waals surface area contributed by atoms with E-state index >= 15 is 0 Å². The van der Waals surface area contributed by atoms with E-state index in [0.717, 1.165) is 23.0 Å². The van der Waals surface area contributed by atoms with Gasteiger partial charge in [0.15, 0.2) is 0 Å². The fourth-order valence-corrected chi connectivity index (χ4v) is 5.52. The van der Waals surface area contributed by atoms with Crippen LogP contribution in [0.2, 0.25) is 0 Å². The summed E-state index contributed by atoms with van der Waals surface area (Å²) in [5.41, 5.74) is 1.13. The van der Waals surface area contributed by atoms with Crippen molar-refractivity contribution in [1.29, 1.82) is 0 Å². The fourth-order valence-electron chi connectivity index (χ4n) is 5.52. The lowest BCUT2D eigenvalue weighted by atomic mass is 9.88. The summed E-state index contributed by atoms with van der Waals surface area (Å²) in [4.78, 5) is 70.1. The number of imidazole rings is 1. The van der Waals surface area contributed by atoms with E-state index in [1.54, 1.807) is 38.4 Å². The summed E-state index contributed by atoms with van der Waals surface area (Å²) in [6.45, 7) is 7.45. The van der Waals surface area contributed by atoms with E-state index in [0.29, 0.717) is 30.7 Å². The fraction of sp³-hybridized carbons (Fsp3) is 0.486. The smallest absolute Gasteiger partial charge is 0.417 e. The summed E-state index contributed by atoms with van der Waals surface area (Å²) < 4.78 is 13.1. The van der Waals surface area contributed by atoms with Crippen molar-refractivity contribution in [1.82, 2.24) is 24.3 Å². The summed E-state index contributed by atoms with van der Waals surface area (Å²) in [7, 11) is 3.24. The molecular formula is C35H46N6O8. The van der Waals surface area contributed by atoms with Gasteiger partial charge in [-0.3, -0.25) is 14.4 Å². The Morgan fingerprint density at radius 1 is 1.14 bits per heavy atom. The van der Waals surface area contributed by atoms with Gasteiger partial charge in [0.05, 0.1) is 24.2 Å². The van der Waals surface area contributed by atoms with Crippen LogP contribution < -0.4 is 16.2 Å². The second-order valence-electron chi connectivity index (χ2n) is 13.6. The number of carbonyl (C=O) groups excluding carboxylic acids is 3. The van der Waals surface area contributed by atoms with Crippen LogP contribution in [0.1, 0.15) is 57.8 Å². The molecule has 3 N–H and O–H groups in total. The number of nitrogens with one attached hydrogen (secondary N) is 2. The van der Waals surface area contributed by atoms with Crippen LogP contribution in [0, 0.1) is 11.3 Å². The molecule has 14 nitrogen and oxygen atoms in total. The van der Waals surface area contributed by atoms with E-state index < -0.39 is 29.7 Å².